The number of nitrogens with zero attached hydrogens (tertiary/aromatic N) is 1. The van der Waals surface area contributed by atoms with E-state index in [9.17, 15) is 4.79 Å². The first kappa shape index (κ1) is 14.2. The van der Waals surface area contributed by atoms with Gasteiger partial charge in [0.15, 0.2) is 11.5 Å². The molecule has 0 spiro atoms. The van der Waals surface area contributed by atoms with Crippen molar-refractivity contribution in [3.8, 4) is 22.8 Å². The van der Waals surface area contributed by atoms with E-state index in [1.165, 1.54) is 13.2 Å². The van der Waals surface area contributed by atoms with Crippen LogP contribution in [0.1, 0.15) is 17.4 Å². The van der Waals surface area contributed by atoms with E-state index in [1.807, 2.05) is 6.92 Å². The summed E-state index contributed by atoms with van der Waals surface area (Å²) in [6, 6.07) is 4.72. The molecule has 0 saturated heterocycles. The number of hydrogen-bond acceptors (Lipinski definition) is 4. The van der Waals surface area contributed by atoms with Gasteiger partial charge in [-0.15, -0.1) is 0 Å². The Morgan fingerprint density at radius 1 is 1.50 bits per heavy atom. The molecule has 1 aromatic heterocycles. The molecule has 2 aromatic rings. The first-order valence-electron chi connectivity index (χ1n) is 5.86. The first-order valence-corrected chi connectivity index (χ1v) is 6.24. The van der Waals surface area contributed by atoms with Crippen LogP contribution in [0.3, 0.4) is 0 Å². The van der Waals surface area contributed by atoms with Gasteiger partial charge in [0.25, 0.3) is 0 Å². The molecule has 7 heteroatoms. The van der Waals surface area contributed by atoms with Gasteiger partial charge in [0.1, 0.15) is 5.69 Å². The Balaban J connectivity index is 2.60. The molecule has 1 aromatic carbocycles. The normalized spacial score (nSPS) is 10.3. The quantitative estimate of drug-likeness (QED) is 0.886. The monoisotopic (exact) mass is 296 g/mol. The molecule has 0 saturated carbocycles. The molecule has 2 rings (SSSR count). The number of ether oxygens (including phenoxy) is 2. The molecule has 0 amide bonds. The molecule has 0 radical (unpaired) electrons. The van der Waals surface area contributed by atoms with Crippen LogP contribution < -0.4 is 9.47 Å². The third-order valence-electron chi connectivity index (χ3n) is 2.64. The van der Waals surface area contributed by atoms with Crippen molar-refractivity contribution in [3.05, 3.63) is 28.9 Å². The van der Waals surface area contributed by atoms with E-state index in [2.05, 4.69) is 10.2 Å². The SMILES string of the molecule is CCOc1c(OC)ccc(Cl)c1-c1cc(C(=O)O)[nH]n1. The number of hydrogen-bond donors (Lipinski definition) is 2. The second-order valence-corrected chi connectivity index (χ2v) is 4.27. The topological polar surface area (TPSA) is 84.4 Å². The number of benzene rings is 1. The van der Waals surface area contributed by atoms with Gasteiger partial charge in [-0.2, -0.15) is 5.10 Å². The fourth-order valence-corrected chi connectivity index (χ4v) is 2.03. The minimum absolute atomic E-state index is 0.0265. The summed E-state index contributed by atoms with van der Waals surface area (Å²) in [6.07, 6.45) is 0. The Kier molecular flexibility index (Phi) is 4.14. The highest BCUT2D eigenvalue weighted by Crippen LogP contribution is 2.42. The standard InChI is InChI=1S/C13H13ClN2O4/c1-3-20-12-10(19-2)5-4-7(14)11(12)8-6-9(13(17)18)16-15-8/h4-6H,3H2,1-2H3,(H,15,16)(H,17,18). The number of halogens is 1. The van der Waals surface area contributed by atoms with Gasteiger partial charge in [-0.1, -0.05) is 11.6 Å². The molecule has 0 atom stereocenters. The van der Waals surface area contributed by atoms with Gasteiger partial charge in [-0.25, -0.2) is 4.79 Å². The number of aromatic amines is 1. The lowest BCUT2D eigenvalue weighted by Crippen LogP contribution is -1.98. The Morgan fingerprint density at radius 2 is 2.25 bits per heavy atom. The lowest BCUT2D eigenvalue weighted by molar-refractivity contribution is 0.0690. The molecule has 20 heavy (non-hydrogen) atoms. The van der Waals surface area contributed by atoms with Crippen molar-refractivity contribution in [2.24, 2.45) is 0 Å². The number of H-pyrrole nitrogens is 1. The van der Waals surface area contributed by atoms with Crippen LogP contribution in [-0.2, 0) is 0 Å². The summed E-state index contributed by atoms with van der Waals surface area (Å²) in [5, 5.41) is 15.7. The van der Waals surface area contributed by atoms with E-state index in [4.69, 9.17) is 26.2 Å². The molecule has 0 unspecified atom stereocenters. The van der Waals surface area contributed by atoms with Crippen LogP contribution in [-0.4, -0.2) is 35.0 Å². The highest BCUT2D eigenvalue weighted by Gasteiger charge is 2.20. The zero-order valence-corrected chi connectivity index (χ0v) is 11.7. The average molecular weight is 297 g/mol. The number of methoxy groups -OCH3 is 1. The summed E-state index contributed by atoms with van der Waals surface area (Å²) in [5.41, 5.74) is 0.854. The summed E-state index contributed by atoms with van der Waals surface area (Å²) < 4.78 is 10.8. The van der Waals surface area contributed by atoms with Crippen molar-refractivity contribution >= 4 is 17.6 Å². The number of aromatic carboxylic acids is 1. The third-order valence-corrected chi connectivity index (χ3v) is 2.96. The third kappa shape index (κ3) is 2.55. The van der Waals surface area contributed by atoms with Crippen molar-refractivity contribution in [1.82, 2.24) is 10.2 Å². The first-order chi connectivity index (χ1) is 9.58. The van der Waals surface area contributed by atoms with E-state index in [0.717, 1.165) is 0 Å². The minimum Gasteiger partial charge on any atom is -0.493 e. The van der Waals surface area contributed by atoms with E-state index in [0.29, 0.717) is 34.4 Å². The second kappa shape index (κ2) is 5.83. The zero-order valence-electron chi connectivity index (χ0n) is 10.9. The molecule has 1 heterocycles. The van der Waals surface area contributed by atoms with E-state index >= 15 is 0 Å². The Morgan fingerprint density at radius 3 is 2.80 bits per heavy atom. The Hall–Kier alpha value is -2.21. The molecular formula is C13H13ClN2O4. The lowest BCUT2D eigenvalue weighted by atomic mass is 10.1. The van der Waals surface area contributed by atoms with Gasteiger partial charge in [0, 0.05) is 0 Å². The highest BCUT2D eigenvalue weighted by molar-refractivity contribution is 6.33. The van der Waals surface area contributed by atoms with Crippen LogP contribution in [0.25, 0.3) is 11.3 Å². The average Bonchev–Trinajstić information content (AvgIpc) is 2.89. The van der Waals surface area contributed by atoms with Crippen LogP contribution in [0.5, 0.6) is 11.5 Å². The van der Waals surface area contributed by atoms with Gasteiger partial charge >= 0.3 is 5.97 Å². The smallest absolute Gasteiger partial charge is 0.353 e. The fraction of sp³-hybridized carbons (Fsp3) is 0.231. The minimum atomic E-state index is -1.10. The van der Waals surface area contributed by atoms with E-state index < -0.39 is 5.97 Å². The van der Waals surface area contributed by atoms with E-state index in [1.54, 1.807) is 12.1 Å². The van der Waals surface area contributed by atoms with Gasteiger partial charge in [-0.05, 0) is 25.1 Å². The van der Waals surface area contributed by atoms with Crippen molar-refractivity contribution in [3.63, 3.8) is 0 Å². The molecule has 6 nitrogen and oxygen atoms in total. The van der Waals surface area contributed by atoms with Crippen LogP contribution in [0.15, 0.2) is 18.2 Å². The van der Waals surface area contributed by atoms with E-state index in [-0.39, 0.29) is 5.69 Å². The van der Waals surface area contributed by atoms with Crippen molar-refractivity contribution in [1.29, 1.82) is 0 Å². The molecule has 0 bridgehead atoms. The molecule has 0 aliphatic heterocycles. The number of carbonyl (C=O) groups is 1. The maximum atomic E-state index is 10.9. The number of nitrogens with one attached hydrogen (secondary N) is 1. The molecule has 106 valence electrons. The van der Waals surface area contributed by atoms with Crippen molar-refractivity contribution in [2.45, 2.75) is 6.92 Å². The fourth-order valence-electron chi connectivity index (χ4n) is 1.79. The summed E-state index contributed by atoms with van der Waals surface area (Å²) in [7, 11) is 1.52. The van der Waals surface area contributed by atoms with Crippen LogP contribution >= 0.6 is 11.6 Å². The van der Waals surface area contributed by atoms with Gasteiger partial charge in [0.2, 0.25) is 0 Å². The van der Waals surface area contributed by atoms with Gasteiger partial charge < -0.3 is 14.6 Å². The Bertz CT molecular complexity index is 639. The number of carboxylic acids is 1. The van der Waals surface area contributed by atoms with Crippen LogP contribution in [0.2, 0.25) is 5.02 Å². The number of carboxylic acid groups (broad SMARTS) is 1. The predicted molar refractivity (Wildman–Crippen MR) is 73.7 cm³/mol. The lowest BCUT2D eigenvalue weighted by Gasteiger charge is -2.14. The second-order valence-electron chi connectivity index (χ2n) is 3.86. The van der Waals surface area contributed by atoms with Gasteiger partial charge in [0.05, 0.1) is 30.0 Å². The van der Waals surface area contributed by atoms with Crippen molar-refractivity contribution in [2.75, 3.05) is 13.7 Å². The van der Waals surface area contributed by atoms with Crippen LogP contribution in [0.4, 0.5) is 0 Å². The molecular weight excluding hydrogens is 284 g/mol. The predicted octanol–water partition coefficient (Wildman–Crippen LogP) is 2.84. The summed E-state index contributed by atoms with van der Waals surface area (Å²) in [5.74, 6) is -0.155. The zero-order chi connectivity index (χ0) is 14.7. The van der Waals surface area contributed by atoms with Gasteiger partial charge in [-0.3, -0.25) is 5.10 Å². The molecule has 0 aliphatic carbocycles. The maximum Gasteiger partial charge on any atom is 0.353 e. The molecule has 0 aliphatic rings. The molecule has 2 N–H and O–H groups in total. The summed E-state index contributed by atoms with van der Waals surface area (Å²) in [6.45, 7) is 2.25. The largest absolute Gasteiger partial charge is 0.493 e. The van der Waals surface area contributed by atoms with Crippen molar-refractivity contribution < 1.29 is 19.4 Å². The summed E-state index contributed by atoms with van der Waals surface area (Å²) in [4.78, 5) is 10.9. The molecule has 0 fully saturated rings. The number of rotatable bonds is 5. The summed E-state index contributed by atoms with van der Waals surface area (Å²) >= 11 is 6.18. The maximum absolute atomic E-state index is 10.9. The highest BCUT2D eigenvalue weighted by atomic mass is 35.5. The Labute approximate surface area is 120 Å². The van der Waals surface area contributed by atoms with Crippen LogP contribution in [0, 0.1) is 0 Å². The number of aromatic nitrogens is 2.